The zero-order valence-corrected chi connectivity index (χ0v) is 14.1. The normalized spacial score (nSPS) is 16.5. The highest BCUT2D eigenvalue weighted by Gasteiger charge is 2.25. The van der Waals surface area contributed by atoms with Gasteiger partial charge in [-0.05, 0) is 42.7 Å². The fraction of sp³-hybridized carbons (Fsp3) is 0.312. The van der Waals surface area contributed by atoms with Crippen molar-refractivity contribution in [1.29, 1.82) is 0 Å². The second kappa shape index (κ2) is 6.83. The maximum absolute atomic E-state index is 12.3. The van der Waals surface area contributed by atoms with E-state index in [1.54, 1.807) is 22.9 Å². The molecule has 6 nitrogen and oxygen atoms in total. The summed E-state index contributed by atoms with van der Waals surface area (Å²) < 4.78 is 1.65. The van der Waals surface area contributed by atoms with E-state index < -0.39 is 5.97 Å². The number of rotatable bonds is 4. The fourth-order valence-electron chi connectivity index (χ4n) is 2.88. The fourth-order valence-corrected chi connectivity index (χ4v) is 3.45. The lowest BCUT2D eigenvalue weighted by Gasteiger charge is -2.24. The lowest BCUT2D eigenvalue weighted by Crippen LogP contribution is -2.33. The molecule has 0 fully saturated rings. The van der Waals surface area contributed by atoms with E-state index in [9.17, 15) is 9.59 Å². The second-order valence-corrected chi connectivity index (χ2v) is 6.57. The minimum Gasteiger partial charge on any atom is -0.476 e. The highest BCUT2D eigenvalue weighted by atomic mass is 35.5. The molecule has 1 atom stereocenters. The Morgan fingerprint density at radius 3 is 2.62 bits per heavy atom. The highest BCUT2D eigenvalue weighted by Crippen LogP contribution is 2.26. The van der Waals surface area contributed by atoms with Crippen LogP contribution in [-0.4, -0.2) is 26.8 Å². The molecule has 126 valence electrons. The van der Waals surface area contributed by atoms with Gasteiger partial charge in [0.1, 0.15) is 0 Å². The predicted molar refractivity (Wildman–Crippen MR) is 89.5 cm³/mol. The van der Waals surface area contributed by atoms with Gasteiger partial charge in [-0.3, -0.25) is 9.48 Å². The van der Waals surface area contributed by atoms with Crippen LogP contribution in [0.5, 0.6) is 0 Å². The largest absolute Gasteiger partial charge is 0.476 e. The third kappa shape index (κ3) is 3.71. The summed E-state index contributed by atoms with van der Waals surface area (Å²) in [6.45, 7) is 0.652. The van der Waals surface area contributed by atoms with E-state index >= 15 is 0 Å². The quantitative estimate of drug-likeness (QED) is 0.869. The van der Waals surface area contributed by atoms with Crippen molar-refractivity contribution in [3.63, 3.8) is 0 Å². The van der Waals surface area contributed by atoms with Gasteiger partial charge in [0, 0.05) is 16.6 Å². The standard InChI is InChI=1S/C16H15Cl2N3O3/c17-10-4-9(5-11(18)7-10)6-15(22)19-12-2-1-3-21-14(12)8-13(20-21)16(23)24/h4-5,7-8,12H,1-3,6H2,(H,19,22)(H,23,24). The van der Waals surface area contributed by atoms with Gasteiger partial charge in [0.15, 0.2) is 5.69 Å². The van der Waals surface area contributed by atoms with Crippen LogP contribution in [0.15, 0.2) is 24.3 Å². The summed E-state index contributed by atoms with van der Waals surface area (Å²) in [7, 11) is 0. The van der Waals surface area contributed by atoms with Gasteiger partial charge in [0.25, 0.3) is 0 Å². The molecule has 0 aliphatic carbocycles. The van der Waals surface area contributed by atoms with Gasteiger partial charge in [-0.15, -0.1) is 0 Å². The number of aromatic nitrogens is 2. The van der Waals surface area contributed by atoms with Crippen LogP contribution >= 0.6 is 23.2 Å². The van der Waals surface area contributed by atoms with Gasteiger partial charge in [-0.2, -0.15) is 5.10 Å². The molecule has 0 spiro atoms. The summed E-state index contributed by atoms with van der Waals surface area (Å²) in [5.41, 5.74) is 1.43. The molecule has 0 saturated carbocycles. The zero-order chi connectivity index (χ0) is 17.3. The molecule has 8 heteroatoms. The Kier molecular flexibility index (Phi) is 4.78. The third-order valence-electron chi connectivity index (χ3n) is 3.87. The molecular formula is C16H15Cl2N3O3. The number of amides is 1. The van der Waals surface area contributed by atoms with Crippen LogP contribution in [0.3, 0.4) is 0 Å². The monoisotopic (exact) mass is 367 g/mol. The molecule has 24 heavy (non-hydrogen) atoms. The number of carbonyl (C=O) groups is 2. The number of aromatic carboxylic acids is 1. The van der Waals surface area contributed by atoms with Crippen molar-refractivity contribution in [2.45, 2.75) is 31.8 Å². The number of carbonyl (C=O) groups excluding carboxylic acids is 1. The first-order chi connectivity index (χ1) is 11.4. The van der Waals surface area contributed by atoms with Crippen molar-refractivity contribution in [2.24, 2.45) is 0 Å². The number of nitrogens with zero attached hydrogens (tertiary/aromatic N) is 2. The molecule has 2 heterocycles. The van der Waals surface area contributed by atoms with E-state index in [4.69, 9.17) is 28.3 Å². The zero-order valence-electron chi connectivity index (χ0n) is 12.6. The van der Waals surface area contributed by atoms with Crippen molar-refractivity contribution in [3.05, 3.63) is 51.3 Å². The molecular weight excluding hydrogens is 353 g/mol. The van der Waals surface area contributed by atoms with Gasteiger partial charge in [0.05, 0.1) is 18.2 Å². The SMILES string of the molecule is O=C(Cc1cc(Cl)cc(Cl)c1)NC1CCCn2nc(C(=O)O)cc21. The molecule has 0 bridgehead atoms. The summed E-state index contributed by atoms with van der Waals surface area (Å²) in [4.78, 5) is 23.4. The van der Waals surface area contributed by atoms with Crippen LogP contribution in [0.1, 0.15) is 40.6 Å². The third-order valence-corrected chi connectivity index (χ3v) is 4.31. The molecule has 2 N–H and O–H groups in total. The van der Waals surface area contributed by atoms with Crippen molar-refractivity contribution < 1.29 is 14.7 Å². The Morgan fingerprint density at radius 2 is 1.96 bits per heavy atom. The molecule has 3 rings (SSSR count). The second-order valence-electron chi connectivity index (χ2n) is 5.70. The Labute approximate surface area is 148 Å². The Balaban J connectivity index is 1.72. The van der Waals surface area contributed by atoms with Crippen molar-refractivity contribution in [1.82, 2.24) is 15.1 Å². The summed E-state index contributed by atoms with van der Waals surface area (Å²) in [6.07, 6.45) is 1.71. The summed E-state index contributed by atoms with van der Waals surface area (Å²) in [5, 5.41) is 17.0. The van der Waals surface area contributed by atoms with Gasteiger partial charge in [0.2, 0.25) is 5.91 Å². The summed E-state index contributed by atoms with van der Waals surface area (Å²) in [6, 6.07) is 6.27. The van der Waals surface area contributed by atoms with E-state index in [-0.39, 0.29) is 24.1 Å². The van der Waals surface area contributed by atoms with Crippen molar-refractivity contribution >= 4 is 35.1 Å². The number of nitrogens with one attached hydrogen (secondary N) is 1. The molecule has 0 radical (unpaired) electrons. The smallest absolute Gasteiger partial charge is 0.356 e. The number of halogens is 2. The van der Waals surface area contributed by atoms with Crippen LogP contribution in [0.2, 0.25) is 10.0 Å². The topological polar surface area (TPSA) is 84.2 Å². The molecule has 1 aromatic heterocycles. The molecule has 1 aromatic carbocycles. The lowest BCUT2D eigenvalue weighted by molar-refractivity contribution is -0.121. The van der Waals surface area contributed by atoms with Crippen LogP contribution in [0.25, 0.3) is 0 Å². The predicted octanol–water partition coefficient (Wildman–Crippen LogP) is 3.08. The van der Waals surface area contributed by atoms with Crippen LogP contribution in [0.4, 0.5) is 0 Å². The van der Waals surface area contributed by atoms with Crippen LogP contribution < -0.4 is 5.32 Å². The molecule has 1 aliphatic heterocycles. The van der Waals surface area contributed by atoms with E-state index in [1.165, 1.54) is 6.07 Å². The first kappa shape index (κ1) is 16.8. The van der Waals surface area contributed by atoms with Gasteiger partial charge >= 0.3 is 5.97 Å². The minimum absolute atomic E-state index is 0.00669. The molecule has 0 saturated heterocycles. The minimum atomic E-state index is -1.07. The molecule has 1 unspecified atom stereocenters. The van der Waals surface area contributed by atoms with E-state index in [2.05, 4.69) is 10.4 Å². The number of hydrogen-bond acceptors (Lipinski definition) is 3. The molecule has 2 aromatic rings. The average molecular weight is 368 g/mol. The van der Waals surface area contributed by atoms with Gasteiger partial charge in [-0.1, -0.05) is 23.2 Å². The van der Waals surface area contributed by atoms with Gasteiger partial charge < -0.3 is 10.4 Å². The molecule has 1 amide bonds. The first-order valence-electron chi connectivity index (χ1n) is 7.48. The Morgan fingerprint density at radius 1 is 1.25 bits per heavy atom. The average Bonchev–Trinajstić information content (AvgIpc) is 2.91. The van der Waals surface area contributed by atoms with Crippen molar-refractivity contribution in [3.8, 4) is 0 Å². The van der Waals surface area contributed by atoms with E-state index in [1.807, 2.05) is 0 Å². The lowest BCUT2D eigenvalue weighted by atomic mass is 10.0. The number of carboxylic acid groups (broad SMARTS) is 1. The Bertz CT molecular complexity index is 784. The summed E-state index contributed by atoms with van der Waals surface area (Å²) >= 11 is 11.9. The number of benzene rings is 1. The van der Waals surface area contributed by atoms with Crippen LogP contribution in [0, 0.1) is 0 Å². The van der Waals surface area contributed by atoms with Crippen LogP contribution in [-0.2, 0) is 17.8 Å². The highest BCUT2D eigenvalue weighted by molar-refractivity contribution is 6.34. The maximum Gasteiger partial charge on any atom is 0.356 e. The summed E-state index contributed by atoms with van der Waals surface area (Å²) in [5.74, 6) is -1.25. The number of hydrogen-bond donors (Lipinski definition) is 2. The van der Waals surface area contributed by atoms with E-state index in [0.29, 0.717) is 16.6 Å². The Hall–Kier alpha value is -2.05. The molecule has 1 aliphatic rings. The number of aryl methyl sites for hydroxylation is 1. The van der Waals surface area contributed by atoms with Crippen molar-refractivity contribution in [2.75, 3.05) is 0 Å². The van der Waals surface area contributed by atoms with Gasteiger partial charge in [-0.25, -0.2) is 4.79 Å². The first-order valence-corrected chi connectivity index (χ1v) is 8.23. The number of fused-ring (bicyclic) bond motifs is 1. The number of carboxylic acids is 1. The van der Waals surface area contributed by atoms with E-state index in [0.717, 1.165) is 24.1 Å². The maximum atomic E-state index is 12.3.